The number of nitrogens with zero attached hydrogens (tertiary/aromatic N) is 1. The van der Waals surface area contributed by atoms with Crippen molar-refractivity contribution in [1.29, 1.82) is 0 Å². The van der Waals surface area contributed by atoms with Gasteiger partial charge in [0.1, 0.15) is 0 Å². The van der Waals surface area contributed by atoms with Crippen molar-refractivity contribution in [2.75, 3.05) is 4.67 Å². The molecule has 0 amide bonds. The van der Waals surface area contributed by atoms with Crippen LogP contribution in [0.1, 0.15) is 12.5 Å². The second kappa shape index (κ2) is 10.7. The smallest absolute Gasteiger partial charge is 0.529 e. The molecule has 0 aliphatic carbocycles. The van der Waals surface area contributed by atoms with Crippen LogP contribution in [-0.2, 0) is 18.6 Å². The van der Waals surface area contributed by atoms with Crippen molar-refractivity contribution in [2.24, 2.45) is 0 Å². The van der Waals surface area contributed by atoms with E-state index in [0.29, 0.717) is 0 Å². The van der Waals surface area contributed by atoms with Crippen molar-refractivity contribution >= 4 is 52.8 Å². The van der Waals surface area contributed by atoms with Crippen LogP contribution in [0.5, 0.6) is 0 Å². The van der Waals surface area contributed by atoms with Crippen molar-refractivity contribution in [1.82, 2.24) is 0 Å². The first-order valence-electron chi connectivity index (χ1n) is 3.41. The first-order valence-corrected chi connectivity index (χ1v) is 3.93. The van der Waals surface area contributed by atoms with Crippen LogP contribution in [0.15, 0.2) is 18.2 Å². The summed E-state index contributed by atoms with van der Waals surface area (Å²) in [6.45, 7) is 7.71. The Morgan fingerprint density at radius 1 is 1.50 bits per heavy atom. The van der Waals surface area contributed by atoms with Crippen molar-refractivity contribution in [2.45, 2.75) is 6.92 Å². The summed E-state index contributed by atoms with van der Waals surface area (Å²) in [5.41, 5.74) is 2.02. The van der Waals surface area contributed by atoms with E-state index in [1.807, 2.05) is 36.3 Å². The quantitative estimate of drug-likeness (QED) is 0.453. The normalized spacial score (nSPS) is 7.57. The van der Waals surface area contributed by atoms with Gasteiger partial charge in [0, 0.05) is 18.6 Å². The summed E-state index contributed by atoms with van der Waals surface area (Å²) in [6.07, 6.45) is 0. The van der Waals surface area contributed by atoms with Crippen LogP contribution in [0.3, 0.4) is 0 Å². The maximum Gasteiger partial charge on any atom is 2.00 e. The van der Waals surface area contributed by atoms with E-state index in [-0.39, 0.29) is 63.7 Å². The number of rotatable bonds is 2. The van der Waals surface area contributed by atoms with Gasteiger partial charge < -0.3 is 17.7 Å². The summed E-state index contributed by atoms with van der Waals surface area (Å²) >= 11 is 0. The van der Waals surface area contributed by atoms with E-state index in [1.165, 1.54) is 0 Å². The van der Waals surface area contributed by atoms with Gasteiger partial charge in [-0.25, -0.2) is 18.7 Å². The van der Waals surface area contributed by atoms with Gasteiger partial charge in [-0.05, 0) is 0 Å². The molecule has 1 nitrogen and oxygen atoms in total. The molecule has 1 aromatic rings. The zero-order valence-electron chi connectivity index (χ0n) is 8.70. The number of benzene rings is 1. The predicted molar refractivity (Wildman–Crippen MR) is 64.1 cm³/mol. The van der Waals surface area contributed by atoms with Gasteiger partial charge in [-0.15, -0.1) is 5.69 Å². The van der Waals surface area contributed by atoms with Gasteiger partial charge in [-0.1, -0.05) is 9.39 Å². The molecule has 0 aliphatic heterocycles. The van der Waals surface area contributed by atoms with Crippen molar-refractivity contribution < 1.29 is 18.6 Å². The molecule has 0 bridgehead atoms. The van der Waals surface area contributed by atoms with Crippen LogP contribution in [0.2, 0.25) is 0 Å². The van der Waals surface area contributed by atoms with Gasteiger partial charge in [-0.2, -0.15) is 6.92 Å². The molecule has 1 aromatic carbocycles. The molecule has 1 unspecified atom stereocenters. The second-order valence-corrected chi connectivity index (χ2v) is 2.80. The van der Waals surface area contributed by atoms with Gasteiger partial charge >= 0.3 is 37.7 Å². The monoisotopic (exact) mass is 270 g/mol. The maximum absolute atomic E-state index is 3.78. The van der Waals surface area contributed by atoms with E-state index in [1.54, 1.807) is 0 Å². The Morgan fingerprint density at radius 3 is 2.43 bits per heavy atom. The molecule has 1 atom stereocenters. The minimum absolute atomic E-state index is 0. The van der Waals surface area contributed by atoms with E-state index in [4.69, 9.17) is 0 Å². The minimum Gasteiger partial charge on any atom is -0.529 e. The summed E-state index contributed by atoms with van der Waals surface area (Å²) in [5, 5.41) is 0. The van der Waals surface area contributed by atoms with Crippen LogP contribution >= 0.6 is 9.39 Å². The third-order valence-electron chi connectivity index (χ3n) is 1.42. The van der Waals surface area contributed by atoms with Crippen LogP contribution < -0.4 is 4.67 Å². The van der Waals surface area contributed by atoms with E-state index in [9.17, 15) is 0 Å². The predicted octanol–water partition coefficient (Wildman–Crippen LogP) is 2.51. The Balaban J connectivity index is -0.000000403. The van der Waals surface area contributed by atoms with Gasteiger partial charge in [0.2, 0.25) is 0 Å². The SMILES string of the molecule is [CH2-]c1c[c-]c(N(P)[CH-]C)cc1.[CH3-].[Ca+2].[V]. The first kappa shape index (κ1) is 20.6. The molecule has 0 aliphatic rings. The Bertz CT molecular complexity index is 228. The standard InChI is InChI=1S/C9H11NP.CH3.Ca.V/c1-3-10(11)9-6-4-8(2)5-7-9;;;/h3-6H,2,11H2,1H3;1H3;;/q-3;-1;+2;. The summed E-state index contributed by atoms with van der Waals surface area (Å²) in [4.78, 5) is 0. The van der Waals surface area contributed by atoms with E-state index >= 15 is 0 Å². The van der Waals surface area contributed by atoms with Gasteiger partial charge in [0.25, 0.3) is 0 Å². The zero-order valence-corrected chi connectivity index (χ0v) is 13.5. The average molecular weight is 270 g/mol. The number of hydrogen-bond donors (Lipinski definition) is 0. The molecular weight excluding hydrogens is 256 g/mol. The van der Waals surface area contributed by atoms with Crippen molar-refractivity contribution in [3.05, 3.63) is 50.7 Å². The molecule has 0 heterocycles. The fourth-order valence-corrected chi connectivity index (χ4v) is 0.909. The van der Waals surface area contributed by atoms with Crippen LogP contribution in [0.25, 0.3) is 0 Å². The third kappa shape index (κ3) is 6.61. The molecular formula is C10H14CaNPV-2. The molecule has 0 spiro atoms. The zero-order chi connectivity index (χ0) is 8.27. The van der Waals surface area contributed by atoms with Crippen LogP contribution in [0.4, 0.5) is 5.69 Å². The first-order chi connectivity index (χ1) is 5.24. The number of anilines is 1. The largest absolute Gasteiger partial charge is 2.00 e. The van der Waals surface area contributed by atoms with Crippen molar-refractivity contribution in [3.63, 3.8) is 0 Å². The van der Waals surface area contributed by atoms with E-state index < -0.39 is 0 Å². The second-order valence-electron chi connectivity index (χ2n) is 2.25. The minimum atomic E-state index is 0. The summed E-state index contributed by atoms with van der Waals surface area (Å²) in [6, 6.07) is 8.92. The molecule has 73 valence electrons. The molecule has 4 heteroatoms. The van der Waals surface area contributed by atoms with E-state index in [2.05, 4.69) is 22.4 Å². The Kier molecular flexibility index (Phi) is 15.7. The molecule has 0 saturated heterocycles. The molecule has 0 saturated carbocycles. The van der Waals surface area contributed by atoms with Crippen LogP contribution in [0, 0.1) is 27.0 Å². The number of hydrogen-bond acceptors (Lipinski definition) is 1. The Labute approximate surface area is 132 Å². The maximum atomic E-state index is 3.78. The van der Waals surface area contributed by atoms with Gasteiger partial charge in [-0.3, -0.25) is 19.1 Å². The fourth-order valence-electron chi connectivity index (χ4n) is 0.749. The molecule has 14 heavy (non-hydrogen) atoms. The molecule has 1 radical (unpaired) electrons. The van der Waals surface area contributed by atoms with E-state index in [0.717, 1.165) is 11.3 Å². The molecule has 0 fully saturated rings. The molecule has 0 N–H and O–H groups in total. The fraction of sp³-hybridized carbons (Fsp3) is 0.100. The summed E-state index contributed by atoms with van der Waals surface area (Å²) in [7, 11) is 2.59. The average Bonchev–Trinajstić information content (AvgIpc) is 2.05. The third-order valence-corrected chi connectivity index (χ3v) is 1.99. The molecule has 1 rings (SSSR count). The van der Waals surface area contributed by atoms with Crippen molar-refractivity contribution in [3.8, 4) is 0 Å². The summed E-state index contributed by atoms with van der Waals surface area (Å²) < 4.78 is 1.93. The topological polar surface area (TPSA) is 3.24 Å². The Hall–Kier alpha value is 1.16. The van der Waals surface area contributed by atoms with Gasteiger partial charge in [0.15, 0.2) is 0 Å². The Morgan fingerprint density at radius 2 is 2.07 bits per heavy atom. The van der Waals surface area contributed by atoms with Gasteiger partial charge in [0.05, 0.1) is 0 Å². The summed E-state index contributed by atoms with van der Waals surface area (Å²) in [5.74, 6) is 0. The van der Waals surface area contributed by atoms with Crippen LogP contribution in [-0.4, -0.2) is 37.7 Å². The molecule has 0 aromatic heterocycles.